The van der Waals surface area contributed by atoms with Crippen LogP contribution in [-0.2, 0) is 27.7 Å². The highest BCUT2D eigenvalue weighted by Crippen LogP contribution is 2.27. The van der Waals surface area contributed by atoms with Gasteiger partial charge in [0.15, 0.2) is 0 Å². The molecule has 184 valence electrons. The number of carbonyl (C=O) groups is 1. The van der Waals surface area contributed by atoms with E-state index >= 15 is 0 Å². The van der Waals surface area contributed by atoms with Gasteiger partial charge in [0, 0.05) is 0 Å². The summed E-state index contributed by atoms with van der Waals surface area (Å²) >= 11 is 0. The van der Waals surface area contributed by atoms with Crippen LogP contribution in [0.5, 0.6) is 5.75 Å². The van der Waals surface area contributed by atoms with E-state index in [2.05, 4.69) is 23.5 Å². The number of para-hydroxylation sites is 1. The Morgan fingerprint density at radius 1 is 0.971 bits per heavy atom. The van der Waals surface area contributed by atoms with Gasteiger partial charge in [-0.25, -0.2) is 8.42 Å². The first kappa shape index (κ1) is 24.8. The summed E-state index contributed by atoms with van der Waals surface area (Å²) in [5.41, 5.74) is 4.24. The Balaban J connectivity index is 1.57. The number of rotatable bonds is 9. The van der Waals surface area contributed by atoms with Crippen molar-refractivity contribution in [1.82, 2.24) is 5.32 Å². The normalized spacial score (nSPS) is 14.0. The molecule has 6 nitrogen and oxygen atoms in total. The van der Waals surface area contributed by atoms with Crippen LogP contribution in [0.4, 0.5) is 5.69 Å². The zero-order valence-electron chi connectivity index (χ0n) is 20.2. The first-order valence-electron chi connectivity index (χ1n) is 12.0. The maximum atomic E-state index is 13.6. The molecule has 4 rings (SSSR count). The molecule has 0 saturated carbocycles. The fourth-order valence-electron chi connectivity index (χ4n) is 4.55. The van der Waals surface area contributed by atoms with E-state index in [4.69, 9.17) is 4.74 Å². The standard InChI is InChI=1S/C28H32N2O4S/c1-3-27(23-14-13-21-9-7-8-10-22(21)19-23)29-28(31)20-30(24-11-5-4-6-12-24)35(32,33)26-17-15-25(34-2)16-18-26/h4-6,11-19,27H,3,7-10,20H2,1-2H3,(H,29,31)/t27-/m0/s1. The first-order chi connectivity index (χ1) is 16.9. The second-order valence-electron chi connectivity index (χ2n) is 8.79. The number of nitrogens with one attached hydrogen (secondary N) is 1. The number of fused-ring (bicyclic) bond motifs is 1. The molecule has 0 unspecified atom stereocenters. The Morgan fingerprint density at radius 3 is 2.31 bits per heavy atom. The number of amides is 1. The summed E-state index contributed by atoms with van der Waals surface area (Å²) in [6, 6.07) is 21.1. The average Bonchev–Trinajstić information content (AvgIpc) is 2.90. The fraction of sp³-hybridized carbons (Fsp3) is 0.321. The van der Waals surface area contributed by atoms with Gasteiger partial charge in [-0.2, -0.15) is 0 Å². The van der Waals surface area contributed by atoms with Gasteiger partial charge in [-0.1, -0.05) is 43.3 Å². The van der Waals surface area contributed by atoms with E-state index in [1.54, 1.807) is 36.4 Å². The van der Waals surface area contributed by atoms with E-state index < -0.39 is 10.0 Å². The maximum Gasteiger partial charge on any atom is 0.264 e. The van der Waals surface area contributed by atoms with Crippen LogP contribution in [0.3, 0.4) is 0 Å². The number of hydrogen-bond donors (Lipinski definition) is 1. The smallest absolute Gasteiger partial charge is 0.264 e. The zero-order valence-corrected chi connectivity index (χ0v) is 21.1. The first-order valence-corrected chi connectivity index (χ1v) is 13.5. The molecule has 0 heterocycles. The Kier molecular flexibility index (Phi) is 7.76. The van der Waals surface area contributed by atoms with Gasteiger partial charge < -0.3 is 10.1 Å². The summed E-state index contributed by atoms with van der Waals surface area (Å²) in [6.45, 7) is 1.70. The fourth-order valence-corrected chi connectivity index (χ4v) is 5.97. The molecule has 35 heavy (non-hydrogen) atoms. The van der Waals surface area contributed by atoms with Crippen molar-refractivity contribution >= 4 is 21.6 Å². The van der Waals surface area contributed by atoms with Gasteiger partial charge in [0.1, 0.15) is 12.3 Å². The summed E-state index contributed by atoms with van der Waals surface area (Å²) in [6.07, 6.45) is 5.29. The average molecular weight is 493 g/mol. The number of sulfonamides is 1. The van der Waals surface area contributed by atoms with Gasteiger partial charge in [0.05, 0.1) is 23.7 Å². The van der Waals surface area contributed by atoms with Crippen LogP contribution < -0.4 is 14.4 Å². The molecule has 1 aliphatic carbocycles. The molecule has 1 N–H and O–H groups in total. The van der Waals surface area contributed by atoms with Gasteiger partial charge in [-0.3, -0.25) is 9.10 Å². The molecule has 0 radical (unpaired) electrons. The van der Waals surface area contributed by atoms with Gasteiger partial charge in [0.25, 0.3) is 10.0 Å². The Morgan fingerprint density at radius 2 is 1.66 bits per heavy atom. The molecule has 1 atom stereocenters. The summed E-state index contributed by atoms with van der Waals surface area (Å²) < 4.78 is 33.4. The van der Waals surface area contributed by atoms with Gasteiger partial charge in [-0.05, 0) is 85.2 Å². The van der Waals surface area contributed by atoms with Crippen molar-refractivity contribution in [2.45, 2.75) is 50.0 Å². The van der Waals surface area contributed by atoms with E-state index in [0.29, 0.717) is 17.9 Å². The van der Waals surface area contributed by atoms with Gasteiger partial charge in [0.2, 0.25) is 5.91 Å². The molecule has 1 aliphatic rings. The van der Waals surface area contributed by atoms with E-state index in [1.807, 2.05) is 13.0 Å². The molecular weight excluding hydrogens is 460 g/mol. The molecule has 0 aliphatic heterocycles. The molecular formula is C28H32N2O4S. The van der Waals surface area contributed by atoms with Crippen molar-refractivity contribution in [3.05, 3.63) is 89.5 Å². The lowest BCUT2D eigenvalue weighted by Crippen LogP contribution is -2.42. The number of methoxy groups -OCH3 is 1. The molecule has 3 aromatic rings. The lowest BCUT2D eigenvalue weighted by molar-refractivity contribution is -0.120. The summed E-state index contributed by atoms with van der Waals surface area (Å²) in [4.78, 5) is 13.3. The second kappa shape index (κ2) is 11.0. The minimum atomic E-state index is -3.98. The summed E-state index contributed by atoms with van der Waals surface area (Å²) in [7, 11) is -2.45. The molecule has 0 saturated heterocycles. The molecule has 7 heteroatoms. The number of benzene rings is 3. The van der Waals surface area contributed by atoms with Gasteiger partial charge >= 0.3 is 0 Å². The monoisotopic (exact) mass is 492 g/mol. The van der Waals surface area contributed by atoms with E-state index in [0.717, 1.165) is 22.7 Å². The van der Waals surface area contributed by atoms with Crippen LogP contribution in [-0.4, -0.2) is 28.0 Å². The minimum Gasteiger partial charge on any atom is -0.497 e. The van der Waals surface area contributed by atoms with E-state index in [1.165, 1.54) is 43.2 Å². The predicted octanol–water partition coefficient (Wildman–Crippen LogP) is 5.04. The van der Waals surface area contributed by atoms with Crippen molar-refractivity contribution in [3.63, 3.8) is 0 Å². The Labute approximate surface area is 208 Å². The van der Waals surface area contributed by atoms with Crippen molar-refractivity contribution in [3.8, 4) is 5.75 Å². The Hall–Kier alpha value is -3.32. The van der Waals surface area contributed by atoms with Crippen LogP contribution in [0, 0.1) is 0 Å². The SMILES string of the molecule is CC[C@H](NC(=O)CN(c1ccccc1)S(=O)(=O)c1ccc(OC)cc1)c1ccc2c(c1)CCCC2. The van der Waals surface area contributed by atoms with Crippen molar-refractivity contribution in [2.24, 2.45) is 0 Å². The van der Waals surface area contributed by atoms with Crippen LogP contribution in [0.2, 0.25) is 0 Å². The predicted molar refractivity (Wildman–Crippen MR) is 138 cm³/mol. The number of carbonyl (C=O) groups excluding carboxylic acids is 1. The van der Waals surface area contributed by atoms with Crippen LogP contribution >= 0.6 is 0 Å². The lowest BCUT2D eigenvalue weighted by atomic mass is 9.89. The number of aryl methyl sites for hydroxylation is 2. The van der Waals surface area contributed by atoms with E-state index in [-0.39, 0.29) is 23.4 Å². The van der Waals surface area contributed by atoms with Crippen molar-refractivity contribution < 1.29 is 17.9 Å². The van der Waals surface area contributed by atoms with E-state index in [9.17, 15) is 13.2 Å². The third kappa shape index (κ3) is 5.68. The molecule has 0 aromatic heterocycles. The third-order valence-corrected chi connectivity index (χ3v) is 8.29. The largest absolute Gasteiger partial charge is 0.497 e. The number of ether oxygens (including phenoxy) is 1. The minimum absolute atomic E-state index is 0.0941. The Bertz CT molecular complexity index is 1260. The summed E-state index contributed by atoms with van der Waals surface area (Å²) in [5, 5.41) is 3.07. The van der Waals surface area contributed by atoms with Crippen molar-refractivity contribution in [2.75, 3.05) is 18.0 Å². The molecule has 0 fully saturated rings. The van der Waals surface area contributed by atoms with Crippen molar-refractivity contribution in [1.29, 1.82) is 0 Å². The maximum absolute atomic E-state index is 13.6. The number of hydrogen-bond acceptors (Lipinski definition) is 4. The highest BCUT2D eigenvalue weighted by atomic mass is 32.2. The third-order valence-electron chi connectivity index (χ3n) is 6.50. The quantitative estimate of drug-likeness (QED) is 0.454. The number of nitrogens with zero attached hydrogens (tertiary/aromatic N) is 1. The molecule has 0 bridgehead atoms. The van der Waals surface area contributed by atoms with Crippen LogP contribution in [0.25, 0.3) is 0 Å². The zero-order chi connectivity index (χ0) is 24.8. The molecule has 1 amide bonds. The molecule has 3 aromatic carbocycles. The summed E-state index contributed by atoms with van der Waals surface area (Å²) in [5.74, 6) is 0.208. The van der Waals surface area contributed by atoms with Gasteiger partial charge in [-0.15, -0.1) is 0 Å². The van der Waals surface area contributed by atoms with Crippen LogP contribution in [0.15, 0.2) is 77.7 Å². The molecule has 0 spiro atoms. The highest BCUT2D eigenvalue weighted by molar-refractivity contribution is 7.92. The van der Waals surface area contributed by atoms with Crippen LogP contribution in [0.1, 0.15) is 48.9 Å². The number of anilines is 1. The second-order valence-corrected chi connectivity index (χ2v) is 10.6. The highest BCUT2D eigenvalue weighted by Gasteiger charge is 2.28. The lowest BCUT2D eigenvalue weighted by Gasteiger charge is -2.26. The topological polar surface area (TPSA) is 75.7 Å².